The summed E-state index contributed by atoms with van der Waals surface area (Å²) in [5.41, 5.74) is 1.25. The number of thiophene rings is 1. The van der Waals surface area contributed by atoms with E-state index >= 15 is 0 Å². The highest BCUT2D eigenvalue weighted by molar-refractivity contribution is 7.20. The minimum Gasteiger partial charge on any atom is -0.459 e. The Morgan fingerprint density at radius 2 is 1.88 bits per heavy atom. The number of esters is 1. The van der Waals surface area contributed by atoms with Crippen LogP contribution in [0.4, 0.5) is 0 Å². The lowest BCUT2D eigenvalue weighted by Crippen LogP contribution is -2.08. The Balaban J connectivity index is 1.45. The highest BCUT2D eigenvalue weighted by Crippen LogP contribution is 2.28. The first-order chi connectivity index (χ1) is 12.1. The first-order valence-electron chi connectivity index (χ1n) is 7.54. The van der Waals surface area contributed by atoms with Crippen molar-refractivity contribution in [2.24, 2.45) is 0 Å². The summed E-state index contributed by atoms with van der Waals surface area (Å²) in [7, 11) is 0. The molecule has 128 valence electrons. The van der Waals surface area contributed by atoms with Crippen molar-refractivity contribution in [1.29, 1.82) is 0 Å². The van der Waals surface area contributed by atoms with E-state index in [0.717, 1.165) is 9.88 Å². The van der Waals surface area contributed by atoms with E-state index in [1.165, 1.54) is 11.3 Å². The van der Waals surface area contributed by atoms with Gasteiger partial charge in [-0.3, -0.25) is 9.59 Å². The Bertz CT molecular complexity index is 857. The van der Waals surface area contributed by atoms with Gasteiger partial charge >= 0.3 is 5.97 Å². The predicted octanol–water partition coefficient (Wildman–Crippen LogP) is 5.23. The number of hydrogen-bond acceptors (Lipinski definition) is 6. The Hall–Kier alpha value is -2.02. The van der Waals surface area contributed by atoms with Gasteiger partial charge in [-0.15, -0.1) is 22.7 Å². The van der Waals surface area contributed by atoms with Gasteiger partial charge in [0, 0.05) is 22.4 Å². The number of hydrogen-bond donors (Lipinski definition) is 0. The molecule has 0 unspecified atom stereocenters. The molecular weight excluding hydrogens is 378 g/mol. The summed E-state index contributed by atoms with van der Waals surface area (Å²) in [5.74, 6) is -0.518. The molecule has 0 atom stereocenters. The molecule has 0 N–H and O–H groups in total. The van der Waals surface area contributed by atoms with Crippen LogP contribution in [0.25, 0.3) is 9.88 Å². The maximum absolute atomic E-state index is 12.0. The topological polar surface area (TPSA) is 56.3 Å². The maximum Gasteiger partial charge on any atom is 0.306 e. The molecule has 0 aliphatic rings. The van der Waals surface area contributed by atoms with E-state index in [9.17, 15) is 9.59 Å². The lowest BCUT2D eigenvalue weighted by atomic mass is 10.1. The van der Waals surface area contributed by atoms with Gasteiger partial charge in [0.05, 0.1) is 17.0 Å². The standard InChI is InChI=1S/C18H14ClNO3S2/c19-13-5-3-12(4-6-13)15(21)7-8-17(22)23-10-14-11-25-18(20-14)16-2-1-9-24-16/h1-6,9,11H,7-8,10H2. The minimum atomic E-state index is -0.409. The first kappa shape index (κ1) is 17.8. The van der Waals surface area contributed by atoms with Crippen LogP contribution < -0.4 is 0 Å². The third-order valence-electron chi connectivity index (χ3n) is 3.39. The molecule has 0 radical (unpaired) electrons. The maximum atomic E-state index is 12.0. The molecule has 0 bridgehead atoms. The van der Waals surface area contributed by atoms with E-state index in [4.69, 9.17) is 16.3 Å². The number of ether oxygens (including phenoxy) is 1. The summed E-state index contributed by atoms with van der Waals surface area (Å²) in [6.45, 7) is 0.121. The predicted molar refractivity (Wildman–Crippen MR) is 100 cm³/mol. The molecule has 4 nitrogen and oxygen atoms in total. The molecular formula is C18H14ClNO3S2. The summed E-state index contributed by atoms with van der Waals surface area (Å²) in [4.78, 5) is 29.4. The Morgan fingerprint density at radius 3 is 2.60 bits per heavy atom. The largest absolute Gasteiger partial charge is 0.459 e. The molecule has 0 spiro atoms. The molecule has 0 saturated carbocycles. The van der Waals surface area contributed by atoms with Gasteiger partial charge in [-0.2, -0.15) is 0 Å². The Labute approximate surface area is 158 Å². The third kappa shape index (κ3) is 4.98. The number of carbonyl (C=O) groups excluding carboxylic acids is 2. The Morgan fingerprint density at radius 1 is 1.08 bits per heavy atom. The number of nitrogens with zero attached hydrogens (tertiary/aromatic N) is 1. The number of carbonyl (C=O) groups is 2. The second-order valence-corrected chi connectivity index (χ2v) is 7.45. The summed E-state index contributed by atoms with van der Waals surface area (Å²) in [6.07, 6.45) is 0.154. The molecule has 3 aromatic rings. The van der Waals surface area contributed by atoms with Crippen LogP contribution in [-0.4, -0.2) is 16.7 Å². The highest BCUT2D eigenvalue weighted by atomic mass is 35.5. The van der Waals surface area contributed by atoms with Gasteiger partial charge in [-0.25, -0.2) is 4.98 Å². The van der Waals surface area contributed by atoms with Crippen LogP contribution in [0, 0.1) is 0 Å². The molecule has 3 rings (SSSR count). The molecule has 0 aliphatic heterocycles. The van der Waals surface area contributed by atoms with Gasteiger partial charge in [-0.1, -0.05) is 17.7 Å². The van der Waals surface area contributed by atoms with Crippen LogP contribution in [-0.2, 0) is 16.1 Å². The van der Waals surface area contributed by atoms with E-state index in [2.05, 4.69) is 4.98 Å². The number of ketones is 1. The van der Waals surface area contributed by atoms with Crippen LogP contribution in [0.2, 0.25) is 5.02 Å². The van der Waals surface area contributed by atoms with Crippen molar-refractivity contribution < 1.29 is 14.3 Å². The van der Waals surface area contributed by atoms with Crippen LogP contribution in [0.1, 0.15) is 28.9 Å². The number of benzene rings is 1. The van der Waals surface area contributed by atoms with Crippen LogP contribution in [0.3, 0.4) is 0 Å². The van der Waals surface area contributed by atoms with Gasteiger partial charge in [0.1, 0.15) is 11.6 Å². The van der Waals surface area contributed by atoms with E-state index in [-0.39, 0.29) is 25.2 Å². The molecule has 7 heteroatoms. The van der Waals surface area contributed by atoms with E-state index in [1.54, 1.807) is 35.6 Å². The van der Waals surface area contributed by atoms with Crippen LogP contribution in [0.15, 0.2) is 47.2 Å². The van der Waals surface area contributed by atoms with Gasteiger partial charge in [0.15, 0.2) is 5.78 Å². The molecule has 2 heterocycles. The van der Waals surface area contributed by atoms with Gasteiger partial charge in [0.2, 0.25) is 0 Å². The molecule has 25 heavy (non-hydrogen) atoms. The fourth-order valence-corrected chi connectivity index (χ4v) is 3.85. The zero-order chi connectivity index (χ0) is 17.6. The van der Waals surface area contributed by atoms with Crippen molar-refractivity contribution in [2.75, 3.05) is 0 Å². The number of rotatable bonds is 7. The van der Waals surface area contributed by atoms with Crippen LogP contribution >= 0.6 is 34.3 Å². The molecule has 0 aliphatic carbocycles. The quantitative estimate of drug-likeness (QED) is 0.408. The number of Topliss-reactive ketones (excluding diaryl/α,β-unsaturated/α-hetero) is 1. The van der Waals surface area contributed by atoms with Crippen LogP contribution in [0.5, 0.6) is 0 Å². The first-order valence-corrected chi connectivity index (χ1v) is 9.68. The molecule has 0 saturated heterocycles. The average molecular weight is 392 g/mol. The molecule has 1 aromatic carbocycles. The van der Waals surface area contributed by atoms with Gasteiger partial charge in [-0.05, 0) is 35.7 Å². The van der Waals surface area contributed by atoms with Crippen molar-refractivity contribution >= 4 is 46.0 Å². The highest BCUT2D eigenvalue weighted by Gasteiger charge is 2.12. The van der Waals surface area contributed by atoms with Gasteiger partial charge in [0.25, 0.3) is 0 Å². The molecule has 0 fully saturated rings. The number of aromatic nitrogens is 1. The fourth-order valence-electron chi connectivity index (χ4n) is 2.11. The monoisotopic (exact) mass is 391 g/mol. The smallest absolute Gasteiger partial charge is 0.306 e. The van der Waals surface area contributed by atoms with Crippen molar-refractivity contribution in [3.8, 4) is 9.88 Å². The summed E-state index contributed by atoms with van der Waals surface area (Å²) in [6, 6.07) is 10.6. The Kier molecular flexibility index (Phi) is 5.96. The second kappa shape index (κ2) is 8.38. The minimum absolute atomic E-state index is 0.0450. The second-order valence-electron chi connectivity index (χ2n) is 5.21. The van der Waals surface area contributed by atoms with E-state index in [1.807, 2.05) is 22.9 Å². The average Bonchev–Trinajstić information content (AvgIpc) is 3.29. The molecule has 2 aromatic heterocycles. The van der Waals surface area contributed by atoms with E-state index < -0.39 is 5.97 Å². The van der Waals surface area contributed by atoms with E-state index in [0.29, 0.717) is 16.3 Å². The third-order valence-corrected chi connectivity index (χ3v) is 5.57. The van der Waals surface area contributed by atoms with Crippen molar-refractivity contribution in [3.63, 3.8) is 0 Å². The van der Waals surface area contributed by atoms with Gasteiger partial charge < -0.3 is 4.74 Å². The fraction of sp³-hybridized carbons (Fsp3) is 0.167. The SMILES string of the molecule is O=C(CCC(=O)c1ccc(Cl)cc1)OCc1csc(-c2cccs2)n1. The number of thiazole rings is 1. The number of halogens is 1. The lowest BCUT2D eigenvalue weighted by molar-refractivity contribution is -0.145. The van der Waals surface area contributed by atoms with Crippen molar-refractivity contribution in [3.05, 3.63) is 63.4 Å². The van der Waals surface area contributed by atoms with Crippen molar-refractivity contribution in [2.45, 2.75) is 19.4 Å². The summed E-state index contributed by atoms with van der Waals surface area (Å²) >= 11 is 8.92. The zero-order valence-corrected chi connectivity index (χ0v) is 15.5. The lowest BCUT2D eigenvalue weighted by Gasteiger charge is -2.03. The molecule has 0 amide bonds. The zero-order valence-electron chi connectivity index (χ0n) is 13.1. The normalized spacial score (nSPS) is 10.6. The summed E-state index contributed by atoms with van der Waals surface area (Å²) in [5, 5.41) is 5.36. The van der Waals surface area contributed by atoms with Crippen molar-refractivity contribution in [1.82, 2.24) is 4.98 Å². The summed E-state index contributed by atoms with van der Waals surface area (Å²) < 4.78 is 5.20.